The first-order valence-electron chi connectivity index (χ1n) is 7.32. The number of fused-ring (bicyclic) bond motifs is 1. The summed E-state index contributed by atoms with van der Waals surface area (Å²) in [5.74, 6) is 0.312. The highest BCUT2D eigenvalue weighted by Crippen LogP contribution is 2.22. The van der Waals surface area contributed by atoms with Gasteiger partial charge in [-0.3, -0.25) is 0 Å². The van der Waals surface area contributed by atoms with Gasteiger partial charge in [-0.15, -0.1) is 11.3 Å². The van der Waals surface area contributed by atoms with Gasteiger partial charge in [0.15, 0.2) is 6.61 Å². The Morgan fingerprint density at radius 3 is 2.83 bits per heavy atom. The van der Waals surface area contributed by atoms with Crippen molar-refractivity contribution >= 4 is 27.5 Å². The molecule has 0 aliphatic heterocycles. The van der Waals surface area contributed by atoms with Crippen LogP contribution in [0.3, 0.4) is 0 Å². The van der Waals surface area contributed by atoms with E-state index in [1.165, 1.54) is 11.3 Å². The number of hydrogen-bond donors (Lipinski definition) is 0. The van der Waals surface area contributed by atoms with Crippen LogP contribution in [0.5, 0.6) is 5.75 Å². The third kappa shape index (κ3) is 3.87. The number of carbonyl (C=O) groups is 1. The second-order valence-electron chi connectivity index (χ2n) is 5.29. The molecule has 0 bridgehead atoms. The molecule has 5 heteroatoms. The fourth-order valence-electron chi connectivity index (χ4n) is 2.17. The minimum atomic E-state index is -0.398. The minimum Gasteiger partial charge on any atom is -0.482 e. The van der Waals surface area contributed by atoms with Gasteiger partial charge in [0.1, 0.15) is 17.4 Å². The summed E-state index contributed by atoms with van der Waals surface area (Å²) >= 11 is 1.53. The van der Waals surface area contributed by atoms with Crippen molar-refractivity contribution < 1.29 is 14.3 Å². The number of aromatic nitrogens is 1. The molecule has 3 aromatic rings. The molecule has 0 unspecified atom stereocenters. The summed E-state index contributed by atoms with van der Waals surface area (Å²) in [4.78, 5) is 16.3. The van der Waals surface area contributed by atoms with E-state index in [4.69, 9.17) is 9.47 Å². The summed E-state index contributed by atoms with van der Waals surface area (Å²) in [5.41, 5.74) is 3.01. The van der Waals surface area contributed by atoms with Crippen LogP contribution in [0.4, 0.5) is 0 Å². The van der Waals surface area contributed by atoms with Gasteiger partial charge in [-0.1, -0.05) is 24.3 Å². The van der Waals surface area contributed by atoms with Crippen molar-refractivity contribution in [3.8, 4) is 5.75 Å². The van der Waals surface area contributed by atoms with Crippen LogP contribution >= 0.6 is 11.3 Å². The Morgan fingerprint density at radius 1 is 1.17 bits per heavy atom. The number of aryl methyl sites for hydroxylation is 2. The lowest BCUT2D eigenvalue weighted by atomic mass is 10.1. The van der Waals surface area contributed by atoms with Crippen LogP contribution in [0.25, 0.3) is 10.2 Å². The average molecular weight is 327 g/mol. The van der Waals surface area contributed by atoms with E-state index in [2.05, 4.69) is 4.98 Å². The van der Waals surface area contributed by atoms with E-state index >= 15 is 0 Å². The van der Waals surface area contributed by atoms with Crippen LogP contribution < -0.4 is 4.74 Å². The van der Waals surface area contributed by atoms with Gasteiger partial charge in [-0.2, -0.15) is 0 Å². The van der Waals surface area contributed by atoms with Gasteiger partial charge in [0.25, 0.3) is 0 Å². The van der Waals surface area contributed by atoms with Crippen molar-refractivity contribution in [1.29, 1.82) is 0 Å². The Labute approximate surface area is 138 Å². The molecule has 3 rings (SSSR count). The summed E-state index contributed by atoms with van der Waals surface area (Å²) in [7, 11) is 0. The van der Waals surface area contributed by atoms with Crippen LogP contribution in [0.15, 0.2) is 42.5 Å². The van der Waals surface area contributed by atoms with Gasteiger partial charge in [0, 0.05) is 0 Å². The summed E-state index contributed by atoms with van der Waals surface area (Å²) < 4.78 is 11.9. The standard InChI is InChI=1S/C18H17NO3S/c1-12-7-8-13(2)15(9-12)21-11-18(20)22-10-17-19-14-5-3-4-6-16(14)23-17/h3-9H,10-11H2,1-2H3. The number of esters is 1. The molecule has 0 spiro atoms. The van der Waals surface area contributed by atoms with Gasteiger partial charge in [0.2, 0.25) is 0 Å². The lowest BCUT2D eigenvalue weighted by Gasteiger charge is -2.09. The molecule has 0 saturated carbocycles. The van der Waals surface area contributed by atoms with Gasteiger partial charge in [-0.25, -0.2) is 9.78 Å². The number of benzene rings is 2. The first-order chi connectivity index (χ1) is 11.1. The van der Waals surface area contributed by atoms with Crippen LogP contribution in [0, 0.1) is 13.8 Å². The number of rotatable bonds is 5. The third-order valence-electron chi connectivity index (χ3n) is 3.38. The molecule has 2 aromatic carbocycles. The normalized spacial score (nSPS) is 10.7. The predicted molar refractivity (Wildman–Crippen MR) is 90.8 cm³/mol. The second-order valence-corrected chi connectivity index (χ2v) is 6.41. The molecule has 0 fully saturated rings. The van der Waals surface area contributed by atoms with Gasteiger partial charge in [-0.05, 0) is 43.2 Å². The lowest BCUT2D eigenvalue weighted by molar-refractivity contribution is -0.147. The number of para-hydroxylation sites is 1. The van der Waals surface area contributed by atoms with Crippen molar-refractivity contribution in [3.05, 3.63) is 58.6 Å². The van der Waals surface area contributed by atoms with Crippen molar-refractivity contribution in [2.24, 2.45) is 0 Å². The third-order valence-corrected chi connectivity index (χ3v) is 4.39. The summed E-state index contributed by atoms with van der Waals surface area (Å²) in [6, 6.07) is 13.7. The summed E-state index contributed by atoms with van der Waals surface area (Å²) in [6.07, 6.45) is 0. The van der Waals surface area contributed by atoms with Crippen LogP contribution in [0.1, 0.15) is 16.1 Å². The number of thiazole rings is 1. The zero-order valence-electron chi connectivity index (χ0n) is 13.0. The Balaban J connectivity index is 1.54. The summed E-state index contributed by atoms with van der Waals surface area (Å²) in [6.45, 7) is 4.00. The van der Waals surface area contributed by atoms with Crippen LogP contribution in [-0.2, 0) is 16.1 Å². The Kier molecular flexibility index (Phi) is 4.57. The molecule has 0 aliphatic rings. The fraction of sp³-hybridized carbons (Fsp3) is 0.222. The number of hydrogen-bond acceptors (Lipinski definition) is 5. The fourth-order valence-corrected chi connectivity index (χ4v) is 3.05. The maximum absolute atomic E-state index is 11.8. The second kappa shape index (κ2) is 6.79. The van der Waals surface area contributed by atoms with E-state index in [1.807, 2.05) is 56.3 Å². The predicted octanol–water partition coefficient (Wildman–Crippen LogP) is 4.04. The van der Waals surface area contributed by atoms with E-state index < -0.39 is 5.97 Å². The Hall–Kier alpha value is -2.40. The molecule has 0 radical (unpaired) electrons. The lowest BCUT2D eigenvalue weighted by Crippen LogP contribution is -2.15. The largest absolute Gasteiger partial charge is 0.482 e. The Morgan fingerprint density at radius 2 is 2.00 bits per heavy atom. The highest BCUT2D eigenvalue weighted by molar-refractivity contribution is 7.18. The molecule has 1 aromatic heterocycles. The van der Waals surface area contributed by atoms with E-state index in [0.29, 0.717) is 5.75 Å². The van der Waals surface area contributed by atoms with Crippen LogP contribution in [0.2, 0.25) is 0 Å². The molecular formula is C18H17NO3S. The SMILES string of the molecule is Cc1ccc(C)c(OCC(=O)OCc2nc3ccccc3s2)c1. The van der Waals surface area contributed by atoms with Crippen molar-refractivity contribution in [3.63, 3.8) is 0 Å². The highest BCUT2D eigenvalue weighted by atomic mass is 32.1. The molecular weight excluding hydrogens is 310 g/mol. The van der Waals surface area contributed by atoms with Crippen molar-refractivity contribution in [2.45, 2.75) is 20.5 Å². The monoisotopic (exact) mass is 327 g/mol. The van der Waals surface area contributed by atoms with E-state index in [9.17, 15) is 4.79 Å². The average Bonchev–Trinajstić information content (AvgIpc) is 2.96. The quantitative estimate of drug-likeness (QED) is 0.664. The molecule has 118 valence electrons. The molecule has 4 nitrogen and oxygen atoms in total. The number of ether oxygens (including phenoxy) is 2. The topological polar surface area (TPSA) is 48.4 Å². The van der Waals surface area contributed by atoms with E-state index in [0.717, 1.165) is 26.4 Å². The smallest absolute Gasteiger partial charge is 0.344 e. The number of carbonyl (C=O) groups excluding carboxylic acids is 1. The van der Waals surface area contributed by atoms with Crippen LogP contribution in [-0.4, -0.2) is 17.6 Å². The maximum atomic E-state index is 11.8. The maximum Gasteiger partial charge on any atom is 0.344 e. The molecule has 0 N–H and O–H groups in total. The molecule has 23 heavy (non-hydrogen) atoms. The zero-order chi connectivity index (χ0) is 16.2. The summed E-state index contributed by atoms with van der Waals surface area (Å²) in [5, 5.41) is 0.784. The first kappa shape index (κ1) is 15.5. The molecule has 1 heterocycles. The van der Waals surface area contributed by atoms with E-state index in [1.54, 1.807) is 0 Å². The zero-order valence-corrected chi connectivity index (χ0v) is 13.9. The van der Waals surface area contributed by atoms with Crippen molar-refractivity contribution in [2.75, 3.05) is 6.61 Å². The van der Waals surface area contributed by atoms with Crippen molar-refractivity contribution in [1.82, 2.24) is 4.98 Å². The first-order valence-corrected chi connectivity index (χ1v) is 8.13. The molecule has 0 saturated heterocycles. The Bertz CT molecular complexity index is 808. The van der Waals surface area contributed by atoms with Gasteiger partial charge in [0.05, 0.1) is 10.2 Å². The highest BCUT2D eigenvalue weighted by Gasteiger charge is 2.09. The number of nitrogens with zero attached hydrogens (tertiary/aromatic N) is 1. The van der Waals surface area contributed by atoms with E-state index in [-0.39, 0.29) is 13.2 Å². The molecule has 0 aliphatic carbocycles. The molecule has 0 atom stereocenters. The van der Waals surface area contributed by atoms with Gasteiger partial charge >= 0.3 is 5.97 Å². The van der Waals surface area contributed by atoms with Gasteiger partial charge < -0.3 is 9.47 Å². The molecule has 0 amide bonds. The minimum absolute atomic E-state index is 0.102.